The van der Waals surface area contributed by atoms with E-state index in [1.807, 2.05) is 0 Å². The Labute approximate surface area is 103 Å². The van der Waals surface area contributed by atoms with Gasteiger partial charge < -0.3 is 4.12 Å². The molecule has 0 aliphatic carbocycles. The molecule has 0 spiro atoms. The van der Waals surface area contributed by atoms with Gasteiger partial charge in [-0.15, -0.1) is 22.7 Å². The molecule has 0 N–H and O–H groups in total. The molecule has 15 heavy (non-hydrogen) atoms. The molecule has 0 aromatic rings. The van der Waals surface area contributed by atoms with E-state index in [0.29, 0.717) is 5.50 Å². The predicted octanol–water partition coefficient (Wildman–Crippen LogP) is 3.61. The van der Waals surface area contributed by atoms with E-state index < -0.39 is 24.7 Å². The molecule has 0 saturated carbocycles. The number of halogens is 1. The first-order chi connectivity index (χ1) is 6.47. The molecule has 0 atom stereocenters. The summed E-state index contributed by atoms with van der Waals surface area (Å²) in [6.45, 7) is 15.4. The third-order valence-corrected chi connectivity index (χ3v) is 10.3. The first-order valence-corrected chi connectivity index (χ1v) is 15.3. The summed E-state index contributed by atoms with van der Waals surface area (Å²) in [6, 6.07) is 0. The van der Waals surface area contributed by atoms with Crippen LogP contribution in [0, 0.1) is 11.1 Å². The van der Waals surface area contributed by atoms with Crippen LogP contribution in [0.2, 0.25) is 45.8 Å². The molecule has 0 unspecified atom stereocenters. The van der Waals surface area contributed by atoms with Crippen molar-refractivity contribution in [2.75, 3.05) is 5.50 Å². The molecule has 88 valence electrons. The molecule has 0 fully saturated rings. The highest BCUT2D eigenvalue weighted by atomic mass is 35.5. The molecule has 5 heteroatoms. The van der Waals surface area contributed by atoms with Crippen LogP contribution < -0.4 is 0 Å². The Morgan fingerprint density at radius 1 is 0.933 bits per heavy atom. The van der Waals surface area contributed by atoms with Gasteiger partial charge in [0.15, 0.2) is 8.32 Å². The van der Waals surface area contributed by atoms with Gasteiger partial charge in [-0.2, -0.15) is 0 Å². The molecule has 0 aromatic heterocycles. The maximum Gasteiger partial charge on any atom is 0.255 e. The third-order valence-electron chi connectivity index (χ3n) is 1.59. The van der Waals surface area contributed by atoms with Crippen molar-refractivity contribution in [2.45, 2.75) is 45.8 Å². The highest BCUT2D eigenvalue weighted by Gasteiger charge is 2.31. The van der Waals surface area contributed by atoms with Crippen molar-refractivity contribution >= 4 is 36.3 Å². The maximum absolute atomic E-state index is 6.16. The fourth-order valence-corrected chi connectivity index (χ4v) is 10.2. The number of hydrogen-bond donors (Lipinski definition) is 0. The minimum absolute atomic E-state index is 0.651. The second kappa shape index (κ2) is 5.19. The van der Waals surface area contributed by atoms with Gasteiger partial charge in [0.05, 0.1) is 0 Å². The molecule has 0 bridgehead atoms. The fraction of sp³-hybridized carbons (Fsp3) is 0.800. The third kappa shape index (κ3) is 8.29. The standard InChI is InChI=1S/C10H23ClOSi3/c1-13(2,3)8-9-14(4,5)12-15(6,7)10-11/h10H2,1-7H3. The molecule has 0 aromatic carbocycles. The minimum atomic E-state index is -1.82. The van der Waals surface area contributed by atoms with Gasteiger partial charge in [-0.25, -0.2) is 0 Å². The highest BCUT2D eigenvalue weighted by Crippen LogP contribution is 2.15. The molecule has 0 aliphatic heterocycles. The van der Waals surface area contributed by atoms with Crippen LogP contribution in [0.5, 0.6) is 0 Å². The van der Waals surface area contributed by atoms with Crippen LogP contribution in [0.4, 0.5) is 0 Å². The molecular weight excluding hydrogens is 256 g/mol. The lowest BCUT2D eigenvalue weighted by molar-refractivity contribution is 0.566. The predicted molar refractivity (Wildman–Crippen MR) is 77.9 cm³/mol. The summed E-state index contributed by atoms with van der Waals surface area (Å²) in [5.74, 6) is 0. The van der Waals surface area contributed by atoms with Crippen molar-refractivity contribution < 1.29 is 4.12 Å². The summed E-state index contributed by atoms with van der Waals surface area (Å²) < 4.78 is 6.16. The van der Waals surface area contributed by atoms with Crippen molar-refractivity contribution in [1.29, 1.82) is 0 Å². The molecule has 0 aliphatic rings. The van der Waals surface area contributed by atoms with Crippen molar-refractivity contribution in [2.24, 2.45) is 0 Å². The average molecular weight is 279 g/mol. The Hall–Kier alpha value is 0.461. The zero-order valence-corrected chi connectivity index (χ0v) is 14.7. The van der Waals surface area contributed by atoms with Crippen LogP contribution in [-0.2, 0) is 4.12 Å². The summed E-state index contributed by atoms with van der Waals surface area (Å²) in [7, 11) is -4.76. The van der Waals surface area contributed by atoms with Gasteiger partial charge in [0.1, 0.15) is 8.07 Å². The molecule has 0 rings (SSSR count). The topological polar surface area (TPSA) is 9.23 Å². The summed E-state index contributed by atoms with van der Waals surface area (Å²) in [5, 5.41) is 0. The SMILES string of the molecule is C[Si](C)(C)C#C[Si](C)(C)O[Si](C)(C)CCl. The lowest BCUT2D eigenvalue weighted by Crippen LogP contribution is -2.45. The molecule has 0 heterocycles. The maximum atomic E-state index is 6.16. The van der Waals surface area contributed by atoms with E-state index in [0.717, 1.165) is 0 Å². The fourth-order valence-electron chi connectivity index (χ4n) is 1.08. The summed E-state index contributed by atoms with van der Waals surface area (Å²) in [4.78, 5) is 0. The van der Waals surface area contributed by atoms with Crippen molar-refractivity contribution in [3.8, 4) is 11.1 Å². The van der Waals surface area contributed by atoms with Gasteiger partial charge in [-0.3, -0.25) is 0 Å². The van der Waals surface area contributed by atoms with Gasteiger partial charge in [0.2, 0.25) is 0 Å². The van der Waals surface area contributed by atoms with Crippen molar-refractivity contribution in [3.63, 3.8) is 0 Å². The van der Waals surface area contributed by atoms with Crippen LogP contribution >= 0.6 is 11.6 Å². The second-order valence-electron chi connectivity index (χ2n) is 6.01. The van der Waals surface area contributed by atoms with Crippen molar-refractivity contribution in [3.05, 3.63) is 0 Å². The van der Waals surface area contributed by atoms with Crippen LogP contribution in [0.15, 0.2) is 0 Å². The van der Waals surface area contributed by atoms with Crippen molar-refractivity contribution in [1.82, 2.24) is 0 Å². The molecule has 0 amide bonds. The number of alkyl halides is 1. The van der Waals surface area contributed by atoms with E-state index >= 15 is 0 Å². The van der Waals surface area contributed by atoms with Gasteiger partial charge in [-0.05, 0) is 26.2 Å². The Kier molecular flexibility index (Phi) is 5.35. The Morgan fingerprint density at radius 2 is 1.40 bits per heavy atom. The van der Waals surface area contributed by atoms with E-state index in [4.69, 9.17) is 15.7 Å². The van der Waals surface area contributed by atoms with E-state index in [2.05, 4.69) is 56.9 Å². The Bertz CT molecular complexity index is 271. The van der Waals surface area contributed by atoms with Crippen LogP contribution in [-0.4, -0.2) is 30.2 Å². The monoisotopic (exact) mass is 278 g/mol. The normalized spacial score (nSPS) is 13.3. The molecule has 0 radical (unpaired) electrons. The Morgan fingerprint density at radius 3 is 1.73 bits per heavy atom. The molecule has 0 saturated heterocycles. The quantitative estimate of drug-likeness (QED) is 0.435. The minimum Gasteiger partial charge on any atom is -0.446 e. The van der Waals surface area contributed by atoms with E-state index in [1.54, 1.807) is 0 Å². The molecular formula is C10H23ClOSi3. The summed E-state index contributed by atoms with van der Waals surface area (Å²) in [5.41, 5.74) is 7.46. The van der Waals surface area contributed by atoms with Gasteiger partial charge >= 0.3 is 0 Å². The Balaban J connectivity index is 4.62. The smallest absolute Gasteiger partial charge is 0.255 e. The van der Waals surface area contributed by atoms with E-state index in [9.17, 15) is 0 Å². The largest absolute Gasteiger partial charge is 0.446 e. The number of hydrogen-bond acceptors (Lipinski definition) is 1. The van der Waals surface area contributed by atoms with Crippen LogP contribution in [0.1, 0.15) is 0 Å². The zero-order chi connectivity index (χ0) is 12.3. The molecule has 1 nitrogen and oxygen atoms in total. The zero-order valence-electron chi connectivity index (χ0n) is 11.0. The number of rotatable bonds is 3. The summed E-state index contributed by atoms with van der Waals surface area (Å²) >= 11 is 5.91. The van der Waals surface area contributed by atoms with Gasteiger partial charge in [0, 0.05) is 5.50 Å². The second-order valence-corrected chi connectivity index (χ2v) is 19.4. The first-order valence-electron chi connectivity index (χ1n) is 5.28. The van der Waals surface area contributed by atoms with Crippen LogP contribution in [0.3, 0.4) is 0 Å². The van der Waals surface area contributed by atoms with E-state index in [-0.39, 0.29) is 0 Å². The summed E-state index contributed by atoms with van der Waals surface area (Å²) in [6.07, 6.45) is 0. The van der Waals surface area contributed by atoms with Gasteiger partial charge in [-0.1, -0.05) is 19.6 Å². The lowest BCUT2D eigenvalue weighted by atomic mass is 11.4. The van der Waals surface area contributed by atoms with Gasteiger partial charge in [0.25, 0.3) is 8.32 Å². The van der Waals surface area contributed by atoms with Crippen LogP contribution in [0.25, 0.3) is 0 Å². The lowest BCUT2D eigenvalue weighted by Gasteiger charge is -2.29. The first kappa shape index (κ1) is 15.5. The average Bonchev–Trinajstić information content (AvgIpc) is 1.98. The highest BCUT2D eigenvalue weighted by molar-refractivity contribution is 6.93. The van der Waals surface area contributed by atoms with E-state index in [1.165, 1.54) is 0 Å².